The zero-order chi connectivity index (χ0) is 10.7. The Hall–Kier alpha value is -0.520. The number of hydrogen-bond donors (Lipinski definition) is 1. The first-order valence-corrected chi connectivity index (χ1v) is 6.45. The fraction of sp³-hybridized carbons (Fsp3) is 0.556. The summed E-state index contributed by atoms with van der Waals surface area (Å²) in [7, 11) is -1.10. The number of nitrogens with zero attached hydrogens (tertiary/aromatic N) is 2. The van der Waals surface area contributed by atoms with Gasteiger partial charge in [0.25, 0.3) is 0 Å². The average molecular weight is 246 g/mol. The Bertz CT molecular complexity index is 351. The summed E-state index contributed by atoms with van der Waals surface area (Å²) in [4.78, 5) is 7.98. The highest BCUT2D eigenvalue weighted by Gasteiger charge is 2.22. The van der Waals surface area contributed by atoms with Gasteiger partial charge in [0, 0.05) is 5.25 Å². The van der Waals surface area contributed by atoms with E-state index in [4.69, 9.17) is 11.6 Å². The van der Waals surface area contributed by atoms with Crippen LogP contribution in [0.5, 0.6) is 0 Å². The van der Waals surface area contributed by atoms with Crippen molar-refractivity contribution < 1.29 is 4.21 Å². The second kappa shape index (κ2) is 5.01. The molecule has 2 rings (SSSR count). The summed E-state index contributed by atoms with van der Waals surface area (Å²) in [5.41, 5.74) is 0. The van der Waals surface area contributed by atoms with Crippen LogP contribution in [0.15, 0.2) is 17.6 Å². The Morgan fingerprint density at radius 1 is 1.33 bits per heavy atom. The maximum absolute atomic E-state index is 12.0. The van der Waals surface area contributed by atoms with Gasteiger partial charge in [0.1, 0.15) is 0 Å². The number of rotatable bonds is 2. The SMILES string of the molecule is O=[S@@](c1ncc(Cl)cn1)C1CCNCC1. The minimum atomic E-state index is -1.10. The van der Waals surface area contributed by atoms with Gasteiger partial charge in [0.05, 0.1) is 28.2 Å². The van der Waals surface area contributed by atoms with Gasteiger partial charge in [-0.15, -0.1) is 0 Å². The molecule has 2 heterocycles. The lowest BCUT2D eigenvalue weighted by molar-refractivity contribution is 0.517. The molecule has 0 aliphatic carbocycles. The van der Waals surface area contributed by atoms with Crippen molar-refractivity contribution in [2.75, 3.05) is 13.1 Å². The summed E-state index contributed by atoms with van der Waals surface area (Å²) in [6.07, 6.45) is 4.81. The van der Waals surface area contributed by atoms with Gasteiger partial charge in [-0.05, 0) is 25.9 Å². The van der Waals surface area contributed by atoms with Crippen molar-refractivity contribution in [3.8, 4) is 0 Å². The molecule has 6 heteroatoms. The second-order valence-corrected chi connectivity index (χ2v) is 5.49. The summed E-state index contributed by atoms with van der Waals surface area (Å²) >= 11 is 5.67. The minimum absolute atomic E-state index is 0.174. The Morgan fingerprint density at radius 2 is 1.93 bits per heavy atom. The zero-order valence-electron chi connectivity index (χ0n) is 8.15. The van der Waals surface area contributed by atoms with E-state index in [1.165, 1.54) is 12.4 Å². The van der Waals surface area contributed by atoms with Crippen LogP contribution in [-0.2, 0) is 10.8 Å². The molecule has 1 aromatic heterocycles. The van der Waals surface area contributed by atoms with E-state index in [1.54, 1.807) is 0 Å². The molecule has 0 amide bonds. The fourth-order valence-corrected chi connectivity index (χ4v) is 2.94. The summed E-state index contributed by atoms with van der Waals surface area (Å²) in [6, 6.07) is 0. The summed E-state index contributed by atoms with van der Waals surface area (Å²) in [5.74, 6) is 0. The first-order chi connectivity index (χ1) is 7.27. The van der Waals surface area contributed by atoms with Crippen molar-refractivity contribution in [3.05, 3.63) is 17.4 Å². The van der Waals surface area contributed by atoms with E-state index >= 15 is 0 Å². The molecule has 0 spiro atoms. The zero-order valence-corrected chi connectivity index (χ0v) is 9.72. The van der Waals surface area contributed by atoms with Crippen LogP contribution < -0.4 is 5.32 Å². The molecule has 82 valence electrons. The van der Waals surface area contributed by atoms with Gasteiger partial charge in [0.15, 0.2) is 0 Å². The Labute approximate surface area is 95.9 Å². The molecule has 1 fully saturated rings. The van der Waals surface area contributed by atoms with E-state index in [0.29, 0.717) is 10.2 Å². The van der Waals surface area contributed by atoms with E-state index in [9.17, 15) is 4.21 Å². The Kier molecular flexibility index (Phi) is 3.66. The largest absolute Gasteiger partial charge is 0.317 e. The highest BCUT2D eigenvalue weighted by molar-refractivity contribution is 7.85. The predicted octanol–water partition coefficient (Wildman–Crippen LogP) is 0.990. The number of piperidine rings is 1. The van der Waals surface area contributed by atoms with Crippen LogP contribution in [0.25, 0.3) is 0 Å². The highest BCUT2D eigenvalue weighted by Crippen LogP contribution is 2.15. The third-order valence-electron chi connectivity index (χ3n) is 2.37. The van der Waals surface area contributed by atoms with Crippen molar-refractivity contribution in [1.82, 2.24) is 15.3 Å². The Balaban J connectivity index is 2.09. The lowest BCUT2D eigenvalue weighted by Crippen LogP contribution is -2.33. The lowest BCUT2D eigenvalue weighted by atomic mass is 10.2. The van der Waals surface area contributed by atoms with Crippen molar-refractivity contribution >= 4 is 22.4 Å². The molecule has 15 heavy (non-hydrogen) atoms. The van der Waals surface area contributed by atoms with E-state index < -0.39 is 10.8 Å². The van der Waals surface area contributed by atoms with Gasteiger partial charge in [-0.2, -0.15) is 0 Å². The van der Waals surface area contributed by atoms with Crippen LogP contribution in [0.3, 0.4) is 0 Å². The van der Waals surface area contributed by atoms with E-state index in [0.717, 1.165) is 25.9 Å². The first kappa shape index (κ1) is 11.0. The number of hydrogen-bond acceptors (Lipinski definition) is 4. The normalized spacial score (nSPS) is 20.1. The van der Waals surface area contributed by atoms with Crippen LogP contribution in [0.2, 0.25) is 5.02 Å². The van der Waals surface area contributed by atoms with Gasteiger partial charge < -0.3 is 5.32 Å². The standard InChI is InChI=1S/C9H12ClN3OS/c10-7-5-12-9(13-6-7)15(14)8-1-3-11-4-2-8/h5-6,8,11H,1-4H2/t15-/m1/s1. The first-order valence-electron chi connectivity index (χ1n) is 4.86. The van der Waals surface area contributed by atoms with Crippen LogP contribution in [0.1, 0.15) is 12.8 Å². The molecule has 1 aliphatic heterocycles. The number of nitrogens with one attached hydrogen (secondary N) is 1. The van der Waals surface area contributed by atoms with Gasteiger partial charge in [0.2, 0.25) is 5.16 Å². The second-order valence-electron chi connectivity index (χ2n) is 3.43. The van der Waals surface area contributed by atoms with Crippen LogP contribution in [-0.4, -0.2) is 32.5 Å². The lowest BCUT2D eigenvalue weighted by Gasteiger charge is -2.20. The van der Waals surface area contributed by atoms with Gasteiger partial charge in [-0.3, -0.25) is 4.21 Å². The molecule has 1 aliphatic rings. The molecular weight excluding hydrogens is 234 g/mol. The van der Waals surface area contributed by atoms with E-state index in [-0.39, 0.29) is 5.25 Å². The summed E-state index contributed by atoms with van der Waals surface area (Å²) < 4.78 is 12.0. The summed E-state index contributed by atoms with van der Waals surface area (Å²) in [6.45, 7) is 1.84. The molecule has 4 nitrogen and oxygen atoms in total. The molecule has 0 radical (unpaired) electrons. The van der Waals surface area contributed by atoms with Crippen molar-refractivity contribution in [3.63, 3.8) is 0 Å². The molecular formula is C9H12ClN3OS. The predicted molar refractivity (Wildman–Crippen MR) is 59.3 cm³/mol. The monoisotopic (exact) mass is 245 g/mol. The topological polar surface area (TPSA) is 54.9 Å². The van der Waals surface area contributed by atoms with Gasteiger partial charge in [-0.25, -0.2) is 9.97 Å². The van der Waals surface area contributed by atoms with E-state index in [1.807, 2.05) is 0 Å². The Morgan fingerprint density at radius 3 is 2.53 bits per heavy atom. The third kappa shape index (κ3) is 2.74. The maximum atomic E-state index is 12.0. The molecule has 1 saturated heterocycles. The number of aromatic nitrogens is 2. The van der Waals surface area contributed by atoms with Gasteiger partial charge >= 0.3 is 0 Å². The minimum Gasteiger partial charge on any atom is -0.317 e. The fourth-order valence-electron chi connectivity index (χ4n) is 1.56. The maximum Gasteiger partial charge on any atom is 0.218 e. The number of halogens is 1. The van der Waals surface area contributed by atoms with Crippen LogP contribution >= 0.6 is 11.6 Å². The van der Waals surface area contributed by atoms with Crippen LogP contribution in [0, 0.1) is 0 Å². The summed E-state index contributed by atoms with van der Waals surface area (Å²) in [5, 5.41) is 4.28. The molecule has 1 N–H and O–H groups in total. The molecule has 1 aromatic rings. The molecule has 0 aromatic carbocycles. The van der Waals surface area contributed by atoms with Gasteiger partial charge in [-0.1, -0.05) is 11.6 Å². The van der Waals surface area contributed by atoms with Crippen LogP contribution in [0.4, 0.5) is 0 Å². The highest BCUT2D eigenvalue weighted by atomic mass is 35.5. The van der Waals surface area contributed by atoms with Crippen molar-refractivity contribution in [2.45, 2.75) is 23.2 Å². The smallest absolute Gasteiger partial charge is 0.218 e. The van der Waals surface area contributed by atoms with E-state index in [2.05, 4.69) is 15.3 Å². The molecule has 1 atom stereocenters. The van der Waals surface area contributed by atoms with Crippen molar-refractivity contribution in [2.24, 2.45) is 0 Å². The molecule has 0 unspecified atom stereocenters. The molecule has 0 bridgehead atoms. The van der Waals surface area contributed by atoms with Crippen molar-refractivity contribution in [1.29, 1.82) is 0 Å². The third-order valence-corrected chi connectivity index (χ3v) is 4.21. The average Bonchev–Trinajstić information content (AvgIpc) is 2.30. The molecule has 0 saturated carbocycles. The quantitative estimate of drug-likeness (QED) is 0.790.